The maximum atomic E-state index is 13.7. The Morgan fingerprint density at radius 1 is 0.879 bits per heavy atom. The molecule has 3 aromatic carbocycles. The number of ketones is 1. The molecule has 0 spiro atoms. The molecule has 0 amide bonds. The first-order valence-corrected chi connectivity index (χ1v) is 11.2. The van der Waals surface area contributed by atoms with Gasteiger partial charge in [-0.15, -0.1) is 0 Å². The van der Waals surface area contributed by atoms with E-state index in [1.807, 2.05) is 62.4 Å². The second kappa shape index (κ2) is 10.6. The average Bonchev–Trinajstić information content (AvgIpc) is 2.85. The van der Waals surface area contributed by atoms with E-state index >= 15 is 0 Å². The molecule has 0 unspecified atom stereocenters. The number of fused-ring (bicyclic) bond motifs is 1. The number of nitrogens with zero attached hydrogens (tertiary/aromatic N) is 1. The summed E-state index contributed by atoms with van der Waals surface area (Å²) in [6.07, 6.45) is 1.06. The van der Waals surface area contributed by atoms with Gasteiger partial charge in [0.05, 0.1) is 5.56 Å². The fourth-order valence-electron chi connectivity index (χ4n) is 3.63. The molecule has 4 rings (SSSR count). The fraction of sp³-hybridized carbons (Fsp3) is 0.185. The quantitative estimate of drug-likeness (QED) is 0.199. The highest BCUT2D eigenvalue weighted by Crippen LogP contribution is 2.34. The van der Waals surface area contributed by atoms with Crippen LogP contribution in [0.5, 0.6) is 11.5 Å². The molecule has 4 aromatic rings. The Labute approximate surface area is 197 Å². The number of pyridine rings is 1. The number of carbonyl (C=O) groups is 1. The number of hydrogen-bond donors (Lipinski definition) is 0. The summed E-state index contributed by atoms with van der Waals surface area (Å²) in [5, 5.41) is 1.38. The lowest BCUT2D eigenvalue weighted by Crippen LogP contribution is -2.15. The molecule has 0 saturated carbocycles. The van der Waals surface area contributed by atoms with Crippen LogP contribution in [0.1, 0.15) is 41.6 Å². The molecule has 5 nitrogen and oxygen atoms in total. The van der Waals surface area contributed by atoms with Crippen LogP contribution in [0.3, 0.4) is 0 Å². The van der Waals surface area contributed by atoms with Gasteiger partial charge in [-0.25, -0.2) is 0 Å². The van der Waals surface area contributed by atoms with Crippen molar-refractivity contribution in [3.63, 3.8) is 0 Å². The number of aromatic nitrogens is 1. The fourth-order valence-corrected chi connectivity index (χ4v) is 3.80. The number of rotatable bonds is 9. The minimum Gasteiger partial charge on any atom is -0.454 e. The molecule has 0 fully saturated rings. The van der Waals surface area contributed by atoms with Gasteiger partial charge in [-0.05, 0) is 44.2 Å². The third-order valence-electron chi connectivity index (χ3n) is 5.10. The van der Waals surface area contributed by atoms with Crippen molar-refractivity contribution < 1.29 is 19.0 Å². The van der Waals surface area contributed by atoms with E-state index in [9.17, 15) is 4.79 Å². The van der Waals surface area contributed by atoms with Gasteiger partial charge in [0.2, 0.25) is 0 Å². The van der Waals surface area contributed by atoms with Crippen molar-refractivity contribution in [2.24, 2.45) is 0 Å². The molecule has 6 heteroatoms. The third-order valence-corrected chi connectivity index (χ3v) is 5.33. The Bertz CT molecular complexity index is 1260. The lowest BCUT2D eigenvalue weighted by Gasteiger charge is -2.20. The highest BCUT2D eigenvalue weighted by molar-refractivity contribution is 6.31. The highest BCUT2D eigenvalue weighted by atomic mass is 35.5. The van der Waals surface area contributed by atoms with E-state index in [2.05, 4.69) is 4.98 Å². The van der Waals surface area contributed by atoms with E-state index in [0.717, 1.165) is 5.39 Å². The summed E-state index contributed by atoms with van der Waals surface area (Å²) in [5.74, 6) is 0.710. The third kappa shape index (κ3) is 5.06. The van der Waals surface area contributed by atoms with E-state index in [0.29, 0.717) is 51.9 Å². The van der Waals surface area contributed by atoms with Crippen LogP contribution in [0, 0.1) is 0 Å². The topological polar surface area (TPSA) is 57.7 Å². The second-order valence-electron chi connectivity index (χ2n) is 7.23. The lowest BCUT2D eigenvalue weighted by molar-refractivity contribution is -0.140. The van der Waals surface area contributed by atoms with Gasteiger partial charge in [0.25, 0.3) is 0 Å². The van der Waals surface area contributed by atoms with Gasteiger partial charge in [0.15, 0.2) is 17.8 Å². The summed E-state index contributed by atoms with van der Waals surface area (Å²) in [7, 11) is 0. The first kappa shape index (κ1) is 22.9. The summed E-state index contributed by atoms with van der Waals surface area (Å²) in [6, 6.07) is 21.8. The first-order chi connectivity index (χ1) is 16.1. The van der Waals surface area contributed by atoms with Crippen LogP contribution in [-0.2, 0) is 9.47 Å². The van der Waals surface area contributed by atoms with Crippen molar-refractivity contribution in [2.45, 2.75) is 20.1 Å². The first-order valence-electron chi connectivity index (χ1n) is 10.8. The molecule has 0 radical (unpaired) electrons. The molecule has 0 bridgehead atoms. The Hall–Kier alpha value is -3.25. The maximum Gasteiger partial charge on any atom is 0.197 e. The lowest BCUT2D eigenvalue weighted by atomic mass is 9.97. The van der Waals surface area contributed by atoms with E-state index in [-0.39, 0.29) is 5.78 Å². The molecule has 0 aliphatic heterocycles. The van der Waals surface area contributed by atoms with Gasteiger partial charge in [0.1, 0.15) is 11.3 Å². The maximum absolute atomic E-state index is 13.7. The molecule has 1 aromatic heterocycles. The molecule has 0 aliphatic rings. The number of benzene rings is 3. The summed E-state index contributed by atoms with van der Waals surface area (Å²) >= 11 is 6.28. The van der Waals surface area contributed by atoms with Gasteiger partial charge in [-0.3, -0.25) is 9.78 Å². The molecule has 0 aliphatic carbocycles. The van der Waals surface area contributed by atoms with E-state index < -0.39 is 6.29 Å². The van der Waals surface area contributed by atoms with Crippen LogP contribution in [-0.4, -0.2) is 24.0 Å². The molecule has 168 valence electrons. The van der Waals surface area contributed by atoms with Crippen molar-refractivity contribution in [3.05, 3.63) is 101 Å². The Balaban J connectivity index is 1.77. The Morgan fingerprint density at radius 2 is 1.64 bits per heavy atom. The summed E-state index contributed by atoms with van der Waals surface area (Å²) in [4.78, 5) is 18.2. The van der Waals surface area contributed by atoms with Crippen LogP contribution < -0.4 is 4.74 Å². The molecule has 0 N–H and O–H groups in total. The van der Waals surface area contributed by atoms with Gasteiger partial charge in [0, 0.05) is 40.9 Å². The predicted octanol–water partition coefficient (Wildman–Crippen LogP) is 6.98. The standard InChI is InChI=1S/C27H24ClNO4/c1-3-31-27(32-4-2)21-12-6-5-11-20(21)26(30)22-17-19(28)14-15-23(22)33-24-13-7-9-18-10-8-16-29-25(18)24/h5-17,27H,3-4H2,1-2H3. The van der Waals surface area contributed by atoms with Crippen molar-refractivity contribution >= 4 is 28.3 Å². The van der Waals surface area contributed by atoms with Crippen molar-refractivity contribution in [3.8, 4) is 11.5 Å². The SMILES string of the molecule is CCOC(OCC)c1ccccc1C(=O)c1cc(Cl)ccc1Oc1cccc2cccnc12. The summed E-state index contributed by atoms with van der Waals surface area (Å²) < 4.78 is 17.7. The smallest absolute Gasteiger partial charge is 0.197 e. The number of ether oxygens (including phenoxy) is 3. The van der Waals surface area contributed by atoms with Crippen molar-refractivity contribution in [1.29, 1.82) is 0 Å². The van der Waals surface area contributed by atoms with E-state index in [4.69, 9.17) is 25.8 Å². The normalized spacial score (nSPS) is 11.2. The van der Waals surface area contributed by atoms with Gasteiger partial charge in [-0.1, -0.05) is 54.1 Å². The number of carbonyl (C=O) groups excluding carboxylic acids is 1. The molecular formula is C27H24ClNO4. The zero-order valence-electron chi connectivity index (χ0n) is 18.5. The second-order valence-corrected chi connectivity index (χ2v) is 7.67. The van der Waals surface area contributed by atoms with Crippen LogP contribution >= 0.6 is 11.6 Å². The van der Waals surface area contributed by atoms with Crippen LogP contribution in [0.2, 0.25) is 5.02 Å². The highest BCUT2D eigenvalue weighted by Gasteiger charge is 2.23. The molecular weight excluding hydrogens is 438 g/mol. The number of para-hydroxylation sites is 1. The molecule has 0 saturated heterocycles. The monoisotopic (exact) mass is 461 g/mol. The van der Waals surface area contributed by atoms with Crippen LogP contribution in [0.4, 0.5) is 0 Å². The summed E-state index contributed by atoms with van der Waals surface area (Å²) in [6.45, 7) is 4.68. The molecule has 1 heterocycles. The van der Waals surface area contributed by atoms with Crippen LogP contribution in [0.15, 0.2) is 79.0 Å². The number of hydrogen-bond acceptors (Lipinski definition) is 5. The van der Waals surface area contributed by atoms with Crippen molar-refractivity contribution in [2.75, 3.05) is 13.2 Å². The zero-order valence-corrected chi connectivity index (χ0v) is 19.2. The van der Waals surface area contributed by atoms with Gasteiger partial charge < -0.3 is 14.2 Å². The summed E-state index contributed by atoms with van der Waals surface area (Å²) in [5.41, 5.74) is 2.17. The zero-order chi connectivity index (χ0) is 23.2. The molecule has 33 heavy (non-hydrogen) atoms. The van der Waals surface area contributed by atoms with E-state index in [1.54, 1.807) is 30.5 Å². The Morgan fingerprint density at radius 3 is 2.42 bits per heavy atom. The Kier molecular flexibility index (Phi) is 7.35. The van der Waals surface area contributed by atoms with Gasteiger partial charge >= 0.3 is 0 Å². The largest absolute Gasteiger partial charge is 0.454 e. The predicted molar refractivity (Wildman–Crippen MR) is 129 cm³/mol. The van der Waals surface area contributed by atoms with Gasteiger partial charge in [-0.2, -0.15) is 0 Å². The van der Waals surface area contributed by atoms with Crippen molar-refractivity contribution in [1.82, 2.24) is 4.98 Å². The minimum absolute atomic E-state index is 0.235. The molecule has 0 atom stereocenters. The minimum atomic E-state index is -0.647. The average molecular weight is 462 g/mol. The number of halogens is 1. The van der Waals surface area contributed by atoms with E-state index in [1.165, 1.54) is 0 Å². The van der Waals surface area contributed by atoms with Crippen LogP contribution in [0.25, 0.3) is 10.9 Å².